The quantitative estimate of drug-likeness (QED) is 0.354. The van der Waals surface area contributed by atoms with Crippen LogP contribution in [-0.4, -0.2) is 12.3 Å². The third-order valence-electron chi connectivity index (χ3n) is 1.68. The second kappa shape index (κ2) is 8.57. The Morgan fingerprint density at radius 3 is 2.00 bits per heavy atom. The van der Waals surface area contributed by atoms with Gasteiger partial charge >= 0.3 is 0 Å². The lowest BCUT2D eigenvalue weighted by Gasteiger charge is -2.03. The largest absolute Gasteiger partial charge is 0.310 e. The van der Waals surface area contributed by atoms with Crippen LogP contribution in [0.1, 0.15) is 52.9 Å². The lowest BCUT2D eigenvalue weighted by molar-refractivity contribution is 0.705. The van der Waals surface area contributed by atoms with Crippen LogP contribution in [0, 0.1) is 0 Å². The van der Waals surface area contributed by atoms with Crippen LogP contribution in [0.4, 0.5) is 0 Å². The van der Waals surface area contributed by atoms with E-state index in [1.807, 2.05) is 0 Å². The van der Waals surface area contributed by atoms with Crippen molar-refractivity contribution in [2.24, 2.45) is 5.10 Å². The van der Waals surface area contributed by atoms with Gasteiger partial charge in [-0.05, 0) is 19.3 Å². The van der Waals surface area contributed by atoms with Gasteiger partial charge < -0.3 is 5.43 Å². The lowest BCUT2D eigenvalue weighted by Crippen LogP contribution is -2.11. The van der Waals surface area contributed by atoms with Gasteiger partial charge in [0, 0.05) is 12.3 Å². The van der Waals surface area contributed by atoms with Crippen LogP contribution in [0.2, 0.25) is 0 Å². The molecule has 0 aliphatic rings. The van der Waals surface area contributed by atoms with Gasteiger partial charge in [-0.2, -0.15) is 5.10 Å². The van der Waals surface area contributed by atoms with Crippen molar-refractivity contribution in [3.63, 3.8) is 0 Å². The van der Waals surface area contributed by atoms with Gasteiger partial charge in [0.2, 0.25) is 0 Å². The van der Waals surface area contributed by atoms with E-state index in [1.165, 1.54) is 18.6 Å². The topological polar surface area (TPSA) is 24.4 Å². The molecule has 0 aliphatic carbocycles. The zero-order valence-electron chi connectivity index (χ0n) is 8.69. The van der Waals surface area contributed by atoms with E-state index in [0.29, 0.717) is 0 Å². The van der Waals surface area contributed by atoms with E-state index in [-0.39, 0.29) is 0 Å². The van der Waals surface area contributed by atoms with E-state index in [0.717, 1.165) is 25.8 Å². The van der Waals surface area contributed by atoms with Gasteiger partial charge in [0.05, 0.1) is 0 Å². The molecular formula is C10H22N2. The van der Waals surface area contributed by atoms with Gasteiger partial charge in [-0.1, -0.05) is 33.6 Å². The summed E-state index contributed by atoms with van der Waals surface area (Å²) in [5.74, 6) is 0. The summed E-state index contributed by atoms with van der Waals surface area (Å²) in [5.41, 5.74) is 4.42. The lowest BCUT2D eigenvalue weighted by atomic mass is 10.1. The van der Waals surface area contributed by atoms with Crippen molar-refractivity contribution in [1.29, 1.82) is 0 Å². The molecule has 1 N–H and O–H groups in total. The van der Waals surface area contributed by atoms with E-state index in [1.54, 1.807) is 0 Å². The van der Waals surface area contributed by atoms with Crippen molar-refractivity contribution < 1.29 is 0 Å². The van der Waals surface area contributed by atoms with Gasteiger partial charge in [0.1, 0.15) is 0 Å². The SMILES string of the molecule is CCCNN=C(CCC)CCC. The van der Waals surface area contributed by atoms with Gasteiger partial charge in [0.15, 0.2) is 0 Å². The fourth-order valence-corrected chi connectivity index (χ4v) is 1.09. The number of hydrogen-bond acceptors (Lipinski definition) is 2. The first-order chi connectivity index (χ1) is 5.85. The number of rotatable bonds is 7. The van der Waals surface area contributed by atoms with Crippen LogP contribution in [0.25, 0.3) is 0 Å². The van der Waals surface area contributed by atoms with E-state index in [4.69, 9.17) is 0 Å². The summed E-state index contributed by atoms with van der Waals surface area (Å²) in [6.45, 7) is 7.55. The molecule has 0 spiro atoms. The molecule has 0 aromatic rings. The predicted octanol–water partition coefficient (Wildman–Crippen LogP) is 2.94. The highest BCUT2D eigenvalue weighted by molar-refractivity contribution is 5.84. The number of nitrogens with one attached hydrogen (secondary N) is 1. The molecule has 72 valence electrons. The maximum atomic E-state index is 4.36. The summed E-state index contributed by atoms with van der Waals surface area (Å²) in [6, 6.07) is 0. The van der Waals surface area contributed by atoms with Crippen molar-refractivity contribution in [1.82, 2.24) is 5.43 Å². The maximum Gasteiger partial charge on any atom is 0.0378 e. The van der Waals surface area contributed by atoms with Crippen LogP contribution in [0.5, 0.6) is 0 Å². The average molecular weight is 170 g/mol. The third kappa shape index (κ3) is 6.20. The minimum absolute atomic E-state index is 0.997. The molecule has 0 rings (SSSR count). The summed E-state index contributed by atoms with van der Waals surface area (Å²) in [5, 5.41) is 4.36. The van der Waals surface area contributed by atoms with E-state index in [9.17, 15) is 0 Å². The minimum atomic E-state index is 0.997. The number of nitrogens with zero attached hydrogens (tertiary/aromatic N) is 1. The molecule has 0 radical (unpaired) electrons. The maximum absolute atomic E-state index is 4.36. The van der Waals surface area contributed by atoms with Crippen LogP contribution in [-0.2, 0) is 0 Å². The van der Waals surface area contributed by atoms with Crippen LogP contribution >= 0.6 is 0 Å². The molecule has 0 aromatic carbocycles. The normalized spacial score (nSPS) is 9.58. The van der Waals surface area contributed by atoms with E-state index >= 15 is 0 Å². The Kier molecular flexibility index (Phi) is 8.19. The zero-order valence-corrected chi connectivity index (χ0v) is 8.69. The molecule has 12 heavy (non-hydrogen) atoms. The fourth-order valence-electron chi connectivity index (χ4n) is 1.09. The first-order valence-corrected chi connectivity index (χ1v) is 5.13. The highest BCUT2D eigenvalue weighted by Crippen LogP contribution is 1.99. The zero-order chi connectivity index (χ0) is 9.23. The Morgan fingerprint density at radius 2 is 1.58 bits per heavy atom. The van der Waals surface area contributed by atoms with Crippen LogP contribution in [0.15, 0.2) is 5.10 Å². The second-order valence-corrected chi connectivity index (χ2v) is 3.09. The second-order valence-electron chi connectivity index (χ2n) is 3.09. The average Bonchev–Trinajstić information content (AvgIpc) is 2.06. The predicted molar refractivity (Wildman–Crippen MR) is 55.5 cm³/mol. The molecular weight excluding hydrogens is 148 g/mol. The molecule has 2 nitrogen and oxygen atoms in total. The molecule has 0 heterocycles. The molecule has 0 saturated carbocycles. The van der Waals surface area contributed by atoms with Crippen molar-refractivity contribution in [3.8, 4) is 0 Å². The molecule has 0 unspecified atom stereocenters. The molecule has 0 fully saturated rings. The van der Waals surface area contributed by atoms with Gasteiger partial charge in [0.25, 0.3) is 0 Å². The minimum Gasteiger partial charge on any atom is -0.310 e. The van der Waals surface area contributed by atoms with E-state index in [2.05, 4.69) is 31.3 Å². The monoisotopic (exact) mass is 170 g/mol. The highest BCUT2D eigenvalue weighted by atomic mass is 15.3. The third-order valence-corrected chi connectivity index (χ3v) is 1.68. The summed E-state index contributed by atoms with van der Waals surface area (Å²) in [4.78, 5) is 0. The van der Waals surface area contributed by atoms with Crippen molar-refractivity contribution in [3.05, 3.63) is 0 Å². The molecule has 0 bridgehead atoms. The van der Waals surface area contributed by atoms with Crippen molar-refractivity contribution in [2.45, 2.75) is 52.9 Å². The van der Waals surface area contributed by atoms with Crippen molar-refractivity contribution >= 4 is 5.71 Å². The molecule has 0 atom stereocenters. The smallest absolute Gasteiger partial charge is 0.0378 e. The van der Waals surface area contributed by atoms with Gasteiger partial charge in [-0.3, -0.25) is 0 Å². The summed E-state index contributed by atoms with van der Waals surface area (Å²) < 4.78 is 0. The number of hydrogen-bond donors (Lipinski definition) is 1. The Bertz CT molecular complexity index is 111. The number of hydrazone groups is 1. The Labute approximate surface area is 76.4 Å². The van der Waals surface area contributed by atoms with Crippen LogP contribution in [0.3, 0.4) is 0 Å². The summed E-state index contributed by atoms with van der Waals surface area (Å²) in [7, 11) is 0. The first-order valence-electron chi connectivity index (χ1n) is 5.13. The molecule has 0 aromatic heterocycles. The molecule has 0 amide bonds. The van der Waals surface area contributed by atoms with E-state index < -0.39 is 0 Å². The standard InChI is InChI=1S/C10H22N2/c1-4-7-10(8-5-2)12-11-9-6-3/h11H,4-9H2,1-3H3. The van der Waals surface area contributed by atoms with Gasteiger partial charge in [-0.15, -0.1) is 0 Å². The Balaban J connectivity index is 3.64. The molecule has 0 saturated heterocycles. The summed E-state index contributed by atoms with van der Waals surface area (Å²) in [6.07, 6.45) is 5.84. The summed E-state index contributed by atoms with van der Waals surface area (Å²) >= 11 is 0. The van der Waals surface area contributed by atoms with Crippen molar-refractivity contribution in [2.75, 3.05) is 6.54 Å². The highest BCUT2D eigenvalue weighted by Gasteiger charge is 1.95. The Morgan fingerprint density at radius 1 is 1.00 bits per heavy atom. The van der Waals surface area contributed by atoms with Gasteiger partial charge in [-0.25, -0.2) is 0 Å². The Hall–Kier alpha value is -0.530. The molecule has 0 aliphatic heterocycles. The van der Waals surface area contributed by atoms with Crippen LogP contribution < -0.4 is 5.43 Å². The fraction of sp³-hybridized carbons (Fsp3) is 0.900. The first kappa shape index (κ1) is 11.5. The molecule has 2 heteroatoms.